The van der Waals surface area contributed by atoms with Crippen molar-refractivity contribution in [3.05, 3.63) is 83.4 Å². The number of fused-ring (bicyclic) bond motifs is 1. The molecule has 4 rings (SSSR count). The number of aliphatic hydroxyl groups is 1. The van der Waals surface area contributed by atoms with Crippen molar-refractivity contribution in [1.29, 1.82) is 0 Å². The molecule has 0 bridgehead atoms. The second-order valence-corrected chi connectivity index (χ2v) is 7.60. The predicted octanol–water partition coefficient (Wildman–Crippen LogP) is 3.23. The third-order valence-corrected chi connectivity index (χ3v) is 5.59. The normalized spacial score (nSPS) is 17.1. The van der Waals surface area contributed by atoms with Crippen LogP contribution in [0.15, 0.2) is 66.7 Å². The Morgan fingerprint density at radius 3 is 2.44 bits per heavy atom. The van der Waals surface area contributed by atoms with Gasteiger partial charge in [-0.3, -0.25) is 14.5 Å². The first-order chi connectivity index (χ1) is 15.4. The lowest BCUT2D eigenvalue weighted by Crippen LogP contribution is -2.44. The summed E-state index contributed by atoms with van der Waals surface area (Å²) in [4.78, 5) is 27.6. The Bertz CT molecular complexity index is 1180. The molecule has 2 amide bonds. The van der Waals surface area contributed by atoms with Crippen molar-refractivity contribution in [2.75, 3.05) is 31.0 Å². The molecule has 0 aromatic heterocycles. The lowest BCUT2D eigenvalue weighted by molar-refractivity contribution is -0.133. The average molecular weight is 432 g/mol. The molecule has 164 valence electrons. The van der Waals surface area contributed by atoms with E-state index < -0.39 is 17.4 Å². The highest BCUT2D eigenvalue weighted by Gasteiger charge is 2.51. The number of ether oxygens (including phenoxy) is 2. The molecule has 1 heterocycles. The van der Waals surface area contributed by atoms with Crippen molar-refractivity contribution < 1.29 is 24.2 Å². The Balaban J connectivity index is 1.63. The van der Waals surface area contributed by atoms with Gasteiger partial charge in [-0.25, -0.2) is 0 Å². The van der Waals surface area contributed by atoms with Crippen LogP contribution in [0.5, 0.6) is 11.5 Å². The molecule has 0 fully saturated rings. The van der Waals surface area contributed by atoms with Gasteiger partial charge in [-0.2, -0.15) is 0 Å². The highest BCUT2D eigenvalue weighted by Crippen LogP contribution is 2.44. The summed E-state index contributed by atoms with van der Waals surface area (Å²) in [5.74, 6) is 0.0258. The standard InChI is InChI=1S/C25H24N2O5/c1-16-8-10-17(11-9-16)25(30)19-6-4-5-7-21(19)27(24(25)29)15-23(28)26-20-13-12-18(31-2)14-22(20)32-3/h4-14,30H,15H2,1-3H3,(H,26,28). The average Bonchev–Trinajstić information content (AvgIpc) is 3.02. The molecular weight excluding hydrogens is 408 g/mol. The van der Waals surface area contributed by atoms with Crippen molar-refractivity contribution in [3.63, 3.8) is 0 Å². The van der Waals surface area contributed by atoms with Crippen molar-refractivity contribution in [2.24, 2.45) is 0 Å². The summed E-state index contributed by atoms with van der Waals surface area (Å²) < 4.78 is 10.5. The molecule has 1 atom stereocenters. The van der Waals surface area contributed by atoms with Gasteiger partial charge in [0.1, 0.15) is 18.0 Å². The molecule has 2 N–H and O–H groups in total. The Labute approximate surface area is 186 Å². The van der Waals surface area contributed by atoms with Crippen molar-refractivity contribution in [1.82, 2.24) is 0 Å². The van der Waals surface area contributed by atoms with Gasteiger partial charge in [-0.05, 0) is 30.7 Å². The van der Waals surface area contributed by atoms with E-state index >= 15 is 0 Å². The summed E-state index contributed by atoms with van der Waals surface area (Å²) in [5.41, 5.74) is 1.01. The number of carbonyl (C=O) groups is 2. The number of rotatable bonds is 6. The lowest BCUT2D eigenvalue weighted by atomic mass is 9.87. The molecule has 3 aromatic carbocycles. The maximum absolute atomic E-state index is 13.4. The van der Waals surface area contributed by atoms with E-state index in [1.165, 1.54) is 12.0 Å². The number of amides is 2. The zero-order valence-electron chi connectivity index (χ0n) is 18.1. The molecule has 1 unspecified atom stereocenters. The number of nitrogens with zero attached hydrogens (tertiary/aromatic N) is 1. The van der Waals surface area contributed by atoms with E-state index in [4.69, 9.17) is 9.47 Å². The van der Waals surface area contributed by atoms with Gasteiger partial charge in [-0.15, -0.1) is 0 Å². The van der Waals surface area contributed by atoms with E-state index in [0.717, 1.165) is 5.56 Å². The molecule has 32 heavy (non-hydrogen) atoms. The number of aryl methyl sites for hydroxylation is 1. The quantitative estimate of drug-likeness (QED) is 0.624. The third-order valence-electron chi connectivity index (χ3n) is 5.59. The topological polar surface area (TPSA) is 88.1 Å². The van der Waals surface area contributed by atoms with E-state index in [-0.39, 0.29) is 6.54 Å². The molecule has 0 aliphatic carbocycles. The maximum atomic E-state index is 13.4. The molecule has 7 heteroatoms. The molecule has 0 saturated heterocycles. The number of benzene rings is 3. The number of para-hydroxylation sites is 1. The fourth-order valence-electron chi connectivity index (χ4n) is 3.90. The van der Waals surface area contributed by atoms with Gasteiger partial charge in [0, 0.05) is 11.6 Å². The van der Waals surface area contributed by atoms with Crippen LogP contribution in [0.3, 0.4) is 0 Å². The summed E-state index contributed by atoms with van der Waals surface area (Å²) in [6.07, 6.45) is 0. The summed E-state index contributed by atoms with van der Waals surface area (Å²) in [6, 6.07) is 19.1. The summed E-state index contributed by atoms with van der Waals surface area (Å²) in [6.45, 7) is 1.67. The molecule has 0 saturated carbocycles. The van der Waals surface area contributed by atoms with Crippen LogP contribution >= 0.6 is 0 Å². The van der Waals surface area contributed by atoms with Crippen molar-refractivity contribution in [3.8, 4) is 11.5 Å². The Hall–Kier alpha value is -3.84. The van der Waals surface area contributed by atoms with Gasteiger partial charge in [0.15, 0.2) is 5.60 Å². The monoisotopic (exact) mass is 432 g/mol. The Kier molecular flexibility index (Phi) is 5.59. The van der Waals surface area contributed by atoms with E-state index in [1.54, 1.807) is 61.7 Å². The fraction of sp³-hybridized carbons (Fsp3) is 0.200. The van der Waals surface area contributed by atoms with Crippen LogP contribution in [0.1, 0.15) is 16.7 Å². The number of nitrogens with one attached hydrogen (secondary N) is 1. The number of methoxy groups -OCH3 is 2. The second-order valence-electron chi connectivity index (χ2n) is 7.60. The van der Waals surface area contributed by atoms with Crippen LogP contribution in [-0.4, -0.2) is 37.7 Å². The third kappa shape index (κ3) is 3.56. The zero-order chi connectivity index (χ0) is 22.9. The van der Waals surface area contributed by atoms with E-state index in [1.807, 2.05) is 19.1 Å². The molecule has 1 aliphatic heterocycles. The van der Waals surface area contributed by atoms with Gasteiger partial charge in [-0.1, -0.05) is 48.0 Å². The highest BCUT2D eigenvalue weighted by atomic mass is 16.5. The van der Waals surface area contributed by atoms with Crippen LogP contribution in [0, 0.1) is 6.92 Å². The van der Waals surface area contributed by atoms with Crippen LogP contribution in [0.25, 0.3) is 0 Å². The number of hydrogen-bond acceptors (Lipinski definition) is 5. The molecule has 3 aromatic rings. The van der Waals surface area contributed by atoms with Gasteiger partial charge in [0.25, 0.3) is 5.91 Å². The number of hydrogen-bond donors (Lipinski definition) is 2. The molecule has 1 aliphatic rings. The summed E-state index contributed by atoms with van der Waals surface area (Å²) in [7, 11) is 3.03. The maximum Gasteiger partial charge on any atom is 0.268 e. The minimum atomic E-state index is -1.86. The zero-order valence-corrected chi connectivity index (χ0v) is 18.1. The predicted molar refractivity (Wildman–Crippen MR) is 121 cm³/mol. The van der Waals surface area contributed by atoms with E-state index in [2.05, 4.69) is 5.32 Å². The molecule has 0 radical (unpaired) electrons. The smallest absolute Gasteiger partial charge is 0.268 e. The summed E-state index contributed by atoms with van der Waals surface area (Å²) in [5, 5.41) is 14.3. The molecular formula is C25H24N2O5. The molecule has 0 spiro atoms. The van der Waals surface area contributed by atoms with E-state index in [9.17, 15) is 14.7 Å². The van der Waals surface area contributed by atoms with Gasteiger partial charge < -0.3 is 19.9 Å². The van der Waals surface area contributed by atoms with Crippen molar-refractivity contribution in [2.45, 2.75) is 12.5 Å². The minimum absolute atomic E-state index is 0.265. The van der Waals surface area contributed by atoms with E-state index in [0.29, 0.717) is 34.0 Å². The van der Waals surface area contributed by atoms with Crippen LogP contribution in [0.2, 0.25) is 0 Å². The number of anilines is 2. The largest absolute Gasteiger partial charge is 0.497 e. The second kappa shape index (κ2) is 8.36. The first-order valence-electron chi connectivity index (χ1n) is 10.1. The van der Waals surface area contributed by atoms with Crippen molar-refractivity contribution >= 4 is 23.2 Å². The SMILES string of the molecule is COc1ccc(NC(=O)CN2C(=O)C(O)(c3ccc(C)cc3)c3ccccc32)c(OC)c1. The van der Waals surface area contributed by atoms with Gasteiger partial charge in [0.2, 0.25) is 5.91 Å². The summed E-state index contributed by atoms with van der Waals surface area (Å²) >= 11 is 0. The fourth-order valence-corrected chi connectivity index (χ4v) is 3.90. The van der Waals surface area contributed by atoms with Crippen LogP contribution in [-0.2, 0) is 15.2 Å². The van der Waals surface area contributed by atoms with Gasteiger partial charge in [0.05, 0.1) is 25.6 Å². The van der Waals surface area contributed by atoms with Crippen LogP contribution < -0.4 is 19.7 Å². The molecule has 7 nitrogen and oxygen atoms in total. The van der Waals surface area contributed by atoms with Crippen LogP contribution in [0.4, 0.5) is 11.4 Å². The number of carbonyl (C=O) groups excluding carboxylic acids is 2. The lowest BCUT2D eigenvalue weighted by Gasteiger charge is -2.24. The minimum Gasteiger partial charge on any atom is -0.497 e. The first kappa shape index (κ1) is 21.4. The van der Waals surface area contributed by atoms with Gasteiger partial charge >= 0.3 is 0 Å². The first-order valence-corrected chi connectivity index (χ1v) is 10.1. The highest BCUT2D eigenvalue weighted by molar-refractivity contribution is 6.12. The Morgan fingerprint density at radius 2 is 1.75 bits per heavy atom. The Morgan fingerprint density at radius 1 is 1.03 bits per heavy atom.